The maximum atomic E-state index is 10.6. The van der Waals surface area contributed by atoms with Crippen LogP contribution in [0.15, 0.2) is 0 Å². The number of nitrogens with zero attached hydrogens (tertiary/aromatic N) is 1. The van der Waals surface area contributed by atoms with Crippen LogP contribution in [0.2, 0.25) is 0 Å². The molecule has 0 saturated carbocycles. The molecule has 0 bridgehead atoms. The van der Waals surface area contributed by atoms with Crippen LogP contribution >= 0.6 is 7.82 Å². The molecule has 1 saturated heterocycles. The lowest BCUT2D eigenvalue weighted by molar-refractivity contribution is 0.133. The molecule has 5 nitrogen and oxygen atoms in total. The van der Waals surface area contributed by atoms with Crippen LogP contribution in [0.3, 0.4) is 0 Å². The minimum Gasteiger partial charge on any atom is -0.303 e. The van der Waals surface area contributed by atoms with Crippen molar-refractivity contribution in [2.24, 2.45) is 0 Å². The first kappa shape index (κ1) is 13.1. The fourth-order valence-corrected chi connectivity index (χ4v) is 2.29. The zero-order valence-corrected chi connectivity index (χ0v) is 10.0. The summed E-state index contributed by atoms with van der Waals surface area (Å²) in [6, 6.07) is 0.184. The standard InChI is InChI=1S/C9H20NO4P/c1-2-3-6-10-7-4-5-9(10)8-14-15(11,12)13/h9H,2-8H2,1H3,(H2,11,12,13)/t9-/m0/s1. The third kappa shape index (κ3) is 5.09. The Morgan fingerprint density at radius 3 is 2.87 bits per heavy atom. The van der Waals surface area contributed by atoms with Crippen molar-refractivity contribution >= 4 is 7.82 Å². The first-order valence-electron chi connectivity index (χ1n) is 5.47. The quantitative estimate of drug-likeness (QED) is 0.682. The van der Waals surface area contributed by atoms with Gasteiger partial charge in [-0.2, -0.15) is 0 Å². The van der Waals surface area contributed by atoms with Gasteiger partial charge in [-0.1, -0.05) is 13.3 Å². The predicted molar refractivity (Wildman–Crippen MR) is 57.5 cm³/mol. The minimum atomic E-state index is -4.30. The fourth-order valence-electron chi connectivity index (χ4n) is 1.92. The number of phosphoric ester groups is 1. The first-order valence-corrected chi connectivity index (χ1v) is 7.00. The van der Waals surface area contributed by atoms with E-state index in [1.807, 2.05) is 0 Å². The number of phosphoric acid groups is 1. The summed E-state index contributed by atoms with van der Waals surface area (Å²) in [7, 11) is -4.30. The van der Waals surface area contributed by atoms with Gasteiger partial charge in [-0.15, -0.1) is 0 Å². The van der Waals surface area contributed by atoms with Crippen molar-refractivity contribution in [3.05, 3.63) is 0 Å². The van der Waals surface area contributed by atoms with E-state index in [2.05, 4.69) is 16.3 Å². The summed E-state index contributed by atoms with van der Waals surface area (Å²) >= 11 is 0. The highest BCUT2D eigenvalue weighted by molar-refractivity contribution is 7.46. The molecule has 6 heteroatoms. The Balaban J connectivity index is 2.30. The molecule has 0 spiro atoms. The summed E-state index contributed by atoms with van der Waals surface area (Å²) in [6.45, 7) is 4.31. The van der Waals surface area contributed by atoms with E-state index in [4.69, 9.17) is 9.79 Å². The van der Waals surface area contributed by atoms with Crippen molar-refractivity contribution in [3.8, 4) is 0 Å². The molecule has 90 valence electrons. The molecule has 0 radical (unpaired) electrons. The maximum Gasteiger partial charge on any atom is 0.469 e. The molecule has 2 N–H and O–H groups in total. The molecule has 1 rings (SSSR count). The number of hydrogen-bond donors (Lipinski definition) is 2. The Morgan fingerprint density at radius 2 is 2.27 bits per heavy atom. The van der Waals surface area contributed by atoms with Crippen molar-refractivity contribution in [2.75, 3.05) is 19.7 Å². The van der Waals surface area contributed by atoms with Gasteiger partial charge < -0.3 is 9.79 Å². The summed E-state index contributed by atoms with van der Waals surface area (Å²) < 4.78 is 15.1. The molecule has 0 aromatic carbocycles. The van der Waals surface area contributed by atoms with Crippen molar-refractivity contribution in [1.29, 1.82) is 0 Å². The second-order valence-corrected chi connectivity index (χ2v) is 5.21. The Morgan fingerprint density at radius 1 is 1.53 bits per heavy atom. The molecule has 0 amide bonds. The van der Waals surface area contributed by atoms with Gasteiger partial charge in [0.2, 0.25) is 0 Å². The summed E-state index contributed by atoms with van der Waals surface area (Å²) in [4.78, 5) is 19.5. The predicted octanol–water partition coefficient (Wildman–Crippen LogP) is 1.36. The van der Waals surface area contributed by atoms with E-state index >= 15 is 0 Å². The molecule has 1 fully saturated rings. The summed E-state index contributed by atoms with van der Waals surface area (Å²) in [5.74, 6) is 0. The normalized spacial score (nSPS) is 23.5. The largest absolute Gasteiger partial charge is 0.469 e. The molecule has 15 heavy (non-hydrogen) atoms. The minimum absolute atomic E-state index is 0.147. The molecule has 1 aliphatic heterocycles. The maximum absolute atomic E-state index is 10.6. The second-order valence-electron chi connectivity index (χ2n) is 3.97. The van der Waals surface area contributed by atoms with Gasteiger partial charge in [0.1, 0.15) is 0 Å². The van der Waals surface area contributed by atoms with Gasteiger partial charge in [0.15, 0.2) is 0 Å². The third-order valence-electron chi connectivity index (χ3n) is 2.73. The van der Waals surface area contributed by atoms with Gasteiger partial charge in [-0.05, 0) is 32.4 Å². The highest BCUT2D eigenvalue weighted by Crippen LogP contribution is 2.36. The molecular weight excluding hydrogens is 217 g/mol. The fraction of sp³-hybridized carbons (Fsp3) is 1.00. The molecule has 1 heterocycles. The van der Waals surface area contributed by atoms with Gasteiger partial charge in [0, 0.05) is 6.04 Å². The smallest absolute Gasteiger partial charge is 0.303 e. The van der Waals surface area contributed by atoms with E-state index < -0.39 is 7.82 Å². The Labute approximate surface area is 90.7 Å². The summed E-state index contributed by atoms with van der Waals surface area (Å²) in [5.41, 5.74) is 0. The summed E-state index contributed by atoms with van der Waals surface area (Å²) in [6.07, 6.45) is 4.34. The van der Waals surface area contributed by atoms with Crippen LogP contribution in [0, 0.1) is 0 Å². The lowest BCUT2D eigenvalue weighted by Gasteiger charge is -2.23. The third-order valence-corrected chi connectivity index (χ3v) is 3.22. The molecule has 1 atom stereocenters. The van der Waals surface area contributed by atoms with Gasteiger partial charge in [-0.25, -0.2) is 4.57 Å². The van der Waals surface area contributed by atoms with Gasteiger partial charge in [-0.3, -0.25) is 9.42 Å². The summed E-state index contributed by atoms with van der Waals surface area (Å²) in [5, 5.41) is 0. The molecular formula is C9H20NO4P. The van der Waals surface area contributed by atoms with Crippen LogP contribution in [-0.4, -0.2) is 40.4 Å². The van der Waals surface area contributed by atoms with E-state index in [-0.39, 0.29) is 12.6 Å². The van der Waals surface area contributed by atoms with Crippen LogP contribution in [0.5, 0.6) is 0 Å². The van der Waals surface area contributed by atoms with Crippen molar-refractivity contribution < 1.29 is 18.9 Å². The second kappa shape index (κ2) is 5.97. The monoisotopic (exact) mass is 237 g/mol. The Hall–Kier alpha value is 0.0700. The Kier molecular flexibility index (Phi) is 5.23. The Bertz CT molecular complexity index is 230. The van der Waals surface area contributed by atoms with Crippen LogP contribution in [0.1, 0.15) is 32.6 Å². The van der Waals surface area contributed by atoms with Crippen molar-refractivity contribution in [1.82, 2.24) is 4.90 Å². The van der Waals surface area contributed by atoms with E-state index in [1.165, 1.54) is 0 Å². The van der Waals surface area contributed by atoms with Crippen LogP contribution < -0.4 is 0 Å². The van der Waals surface area contributed by atoms with Crippen LogP contribution in [0.4, 0.5) is 0 Å². The number of likely N-dealkylation sites (tertiary alicyclic amines) is 1. The van der Waals surface area contributed by atoms with Gasteiger partial charge in [0.25, 0.3) is 0 Å². The lowest BCUT2D eigenvalue weighted by Crippen LogP contribution is -2.33. The number of hydrogen-bond acceptors (Lipinski definition) is 3. The molecule has 0 aromatic heterocycles. The zero-order chi connectivity index (χ0) is 11.3. The van der Waals surface area contributed by atoms with E-state index in [1.54, 1.807) is 0 Å². The van der Waals surface area contributed by atoms with E-state index in [9.17, 15) is 4.57 Å². The average molecular weight is 237 g/mol. The van der Waals surface area contributed by atoms with Crippen LogP contribution in [0.25, 0.3) is 0 Å². The number of unbranched alkanes of at least 4 members (excludes halogenated alkanes) is 1. The van der Waals surface area contributed by atoms with E-state index in [0.29, 0.717) is 0 Å². The topological polar surface area (TPSA) is 70.0 Å². The zero-order valence-electron chi connectivity index (χ0n) is 9.13. The molecule has 0 aromatic rings. The van der Waals surface area contributed by atoms with Gasteiger partial charge >= 0.3 is 7.82 Å². The highest BCUT2D eigenvalue weighted by atomic mass is 31.2. The molecule has 1 aliphatic rings. The average Bonchev–Trinajstić information content (AvgIpc) is 2.57. The molecule has 0 unspecified atom stereocenters. The SMILES string of the molecule is CCCCN1CCC[C@H]1COP(=O)(O)O. The van der Waals surface area contributed by atoms with E-state index in [0.717, 1.165) is 38.8 Å². The lowest BCUT2D eigenvalue weighted by atomic mass is 10.2. The van der Waals surface area contributed by atoms with Crippen LogP contribution in [-0.2, 0) is 9.09 Å². The van der Waals surface area contributed by atoms with Gasteiger partial charge in [0.05, 0.1) is 6.61 Å². The van der Waals surface area contributed by atoms with Crippen molar-refractivity contribution in [2.45, 2.75) is 38.6 Å². The first-order chi connectivity index (χ1) is 7.03. The number of rotatable bonds is 6. The highest BCUT2D eigenvalue weighted by Gasteiger charge is 2.26. The van der Waals surface area contributed by atoms with Crippen molar-refractivity contribution in [3.63, 3.8) is 0 Å². The molecule has 0 aliphatic carbocycles.